The zero-order valence-electron chi connectivity index (χ0n) is 9.49. The lowest BCUT2D eigenvalue weighted by Gasteiger charge is -2.13. The number of carboxylic acid groups (broad SMARTS) is 1. The average molecular weight is 299 g/mol. The molecule has 0 bridgehead atoms. The number of carbonyl (C=O) groups is 1. The molecule has 92 valence electrons. The van der Waals surface area contributed by atoms with Crippen LogP contribution in [0, 0.1) is 5.41 Å². The van der Waals surface area contributed by atoms with E-state index in [0.29, 0.717) is 13.2 Å². The first kappa shape index (κ1) is 12.6. The molecule has 0 amide bonds. The van der Waals surface area contributed by atoms with E-state index >= 15 is 0 Å². The Morgan fingerprint density at radius 3 is 2.71 bits per heavy atom. The molecule has 1 aliphatic rings. The molecule has 1 aliphatic carbocycles. The van der Waals surface area contributed by atoms with E-state index in [0.717, 1.165) is 22.9 Å². The Morgan fingerprint density at radius 2 is 2.12 bits per heavy atom. The first-order valence-electron chi connectivity index (χ1n) is 5.64. The Morgan fingerprint density at radius 1 is 1.41 bits per heavy atom. The SMILES string of the molecule is O=C(O)CC1(COCc2ccccc2Br)CC1. The van der Waals surface area contributed by atoms with Crippen molar-refractivity contribution in [3.05, 3.63) is 34.3 Å². The van der Waals surface area contributed by atoms with Gasteiger partial charge in [0.15, 0.2) is 0 Å². The number of rotatable bonds is 6. The third-order valence-electron chi connectivity index (χ3n) is 3.11. The molecule has 3 nitrogen and oxygen atoms in total. The van der Waals surface area contributed by atoms with Gasteiger partial charge in [0.05, 0.1) is 19.6 Å². The van der Waals surface area contributed by atoms with Gasteiger partial charge in [-0.2, -0.15) is 0 Å². The summed E-state index contributed by atoms with van der Waals surface area (Å²) in [7, 11) is 0. The van der Waals surface area contributed by atoms with Crippen molar-refractivity contribution in [3.63, 3.8) is 0 Å². The molecular weight excluding hydrogens is 284 g/mol. The summed E-state index contributed by atoms with van der Waals surface area (Å²) in [6, 6.07) is 7.90. The van der Waals surface area contributed by atoms with Crippen molar-refractivity contribution in [1.29, 1.82) is 0 Å². The molecule has 0 radical (unpaired) electrons. The van der Waals surface area contributed by atoms with E-state index < -0.39 is 5.97 Å². The van der Waals surface area contributed by atoms with Crippen LogP contribution in [-0.2, 0) is 16.1 Å². The molecule has 1 fully saturated rings. The lowest BCUT2D eigenvalue weighted by molar-refractivity contribution is -0.139. The average Bonchev–Trinajstić information content (AvgIpc) is 3.00. The van der Waals surface area contributed by atoms with Gasteiger partial charge in [-0.05, 0) is 24.5 Å². The van der Waals surface area contributed by atoms with Crippen LogP contribution in [0.3, 0.4) is 0 Å². The van der Waals surface area contributed by atoms with Gasteiger partial charge in [0, 0.05) is 9.89 Å². The molecule has 0 atom stereocenters. The van der Waals surface area contributed by atoms with Gasteiger partial charge in [-0.3, -0.25) is 4.79 Å². The van der Waals surface area contributed by atoms with E-state index in [4.69, 9.17) is 9.84 Å². The fourth-order valence-corrected chi connectivity index (χ4v) is 2.26. The van der Waals surface area contributed by atoms with Crippen molar-refractivity contribution in [2.45, 2.75) is 25.9 Å². The second kappa shape index (κ2) is 5.19. The molecule has 0 unspecified atom stereocenters. The highest BCUT2D eigenvalue weighted by atomic mass is 79.9. The molecule has 4 heteroatoms. The minimum Gasteiger partial charge on any atom is -0.481 e. The van der Waals surface area contributed by atoms with Crippen molar-refractivity contribution < 1.29 is 14.6 Å². The summed E-state index contributed by atoms with van der Waals surface area (Å²) in [6.45, 7) is 1.07. The van der Waals surface area contributed by atoms with E-state index in [1.165, 1.54) is 0 Å². The van der Waals surface area contributed by atoms with Crippen LogP contribution >= 0.6 is 15.9 Å². The van der Waals surface area contributed by atoms with Crippen LogP contribution < -0.4 is 0 Å². The van der Waals surface area contributed by atoms with Crippen LogP contribution in [0.4, 0.5) is 0 Å². The van der Waals surface area contributed by atoms with E-state index in [2.05, 4.69) is 15.9 Å². The maximum absolute atomic E-state index is 10.7. The number of ether oxygens (including phenoxy) is 1. The summed E-state index contributed by atoms with van der Waals surface area (Å²) in [4.78, 5) is 10.7. The standard InChI is InChI=1S/C13H15BrO3/c14-11-4-2-1-3-10(11)8-17-9-13(5-6-13)7-12(15)16/h1-4H,5-9H2,(H,15,16). The normalized spacial score (nSPS) is 16.8. The summed E-state index contributed by atoms with van der Waals surface area (Å²) in [5.41, 5.74) is 1.01. The summed E-state index contributed by atoms with van der Waals surface area (Å²) in [6.07, 6.45) is 2.16. The van der Waals surface area contributed by atoms with Gasteiger partial charge in [0.2, 0.25) is 0 Å². The third-order valence-corrected chi connectivity index (χ3v) is 3.88. The molecule has 1 aromatic rings. The quantitative estimate of drug-likeness (QED) is 0.877. The Hall–Kier alpha value is -0.870. The van der Waals surface area contributed by atoms with Gasteiger partial charge < -0.3 is 9.84 Å². The van der Waals surface area contributed by atoms with Crippen molar-refractivity contribution in [1.82, 2.24) is 0 Å². The molecule has 0 aliphatic heterocycles. The number of hydrogen-bond acceptors (Lipinski definition) is 2. The highest BCUT2D eigenvalue weighted by Gasteiger charge is 2.44. The van der Waals surface area contributed by atoms with E-state index in [-0.39, 0.29) is 11.8 Å². The molecular formula is C13H15BrO3. The summed E-state index contributed by atoms with van der Waals surface area (Å²) in [5, 5.41) is 8.79. The summed E-state index contributed by atoms with van der Waals surface area (Å²) < 4.78 is 6.67. The van der Waals surface area contributed by atoms with Crippen molar-refractivity contribution >= 4 is 21.9 Å². The molecule has 1 N–H and O–H groups in total. The number of hydrogen-bond donors (Lipinski definition) is 1. The number of benzene rings is 1. The topological polar surface area (TPSA) is 46.5 Å². The van der Waals surface area contributed by atoms with Crippen LogP contribution in [0.1, 0.15) is 24.8 Å². The summed E-state index contributed by atoms with van der Waals surface area (Å²) >= 11 is 3.46. The van der Waals surface area contributed by atoms with Crippen LogP contribution in [0.5, 0.6) is 0 Å². The minimum atomic E-state index is -0.730. The van der Waals surface area contributed by atoms with Crippen molar-refractivity contribution in [3.8, 4) is 0 Å². The van der Waals surface area contributed by atoms with Gasteiger partial charge in [-0.1, -0.05) is 34.1 Å². The molecule has 0 aromatic heterocycles. The largest absolute Gasteiger partial charge is 0.481 e. The Balaban J connectivity index is 1.80. The minimum absolute atomic E-state index is 0.0902. The van der Waals surface area contributed by atoms with Crippen molar-refractivity contribution in [2.24, 2.45) is 5.41 Å². The van der Waals surface area contributed by atoms with Crippen LogP contribution in [0.2, 0.25) is 0 Å². The molecule has 1 saturated carbocycles. The molecule has 0 spiro atoms. The van der Waals surface area contributed by atoms with Crippen molar-refractivity contribution in [2.75, 3.05) is 6.61 Å². The highest BCUT2D eigenvalue weighted by molar-refractivity contribution is 9.10. The smallest absolute Gasteiger partial charge is 0.303 e. The van der Waals surface area contributed by atoms with Gasteiger partial charge in [0.1, 0.15) is 0 Å². The number of aliphatic carboxylic acids is 1. The lowest BCUT2D eigenvalue weighted by Crippen LogP contribution is -2.15. The molecule has 17 heavy (non-hydrogen) atoms. The molecule has 0 heterocycles. The van der Waals surface area contributed by atoms with Crippen LogP contribution in [0.15, 0.2) is 28.7 Å². The van der Waals surface area contributed by atoms with Gasteiger partial charge in [0.25, 0.3) is 0 Å². The highest BCUT2D eigenvalue weighted by Crippen LogP contribution is 2.49. The first-order valence-corrected chi connectivity index (χ1v) is 6.44. The fraction of sp³-hybridized carbons (Fsp3) is 0.462. The second-order valence-corrected chi connectivity index (χ2v) is 5.51. The second-order valence-electron chi connectivity index (χ2n) is 4.65. The van der Waals surface area contributed by atoms with E-state index in [1.807, 2.05) is 24.3 Å². The maximum atomic E-state index is 10.7. The molecule has 2 rings (SSSR count). The van der Waals surface area contributed by atoms with Gasteiger partial charge in [-0.25, -0.2) is 0 Å². The van der Waals surface area contributed by atoms with Gasteiger partial charge in [-0.15, -0.1) is 0 Å². The zero-order chi connectivity index (χ0) is 12.3. The van der Waals surface area contributed by atoms with Crippen LogP contribution in [-0.4, -0.2) is 17.7 Å². The predicted molar refractivity (Wildman–Crippen MR) is 67.7 cm³/mol. The van der Waals surface area contributed by atoms with Crippen LogP contribution in [0.25, 0.3) is 0 Å². The lowest BCUT2D eigenvalue weighted by atomic mass is 10.0. The predicted octanol–water partition coefficient (Wildman–Crippen LogP) is 3.22. The maximum Gasteiger partial charge on any atom is 0.303 e. The Kier molecular flexibility index (Phi) is 3.84. The van der Waals surface area contributed by atoms with Gasteiger partial charge >= 0.3 is 5.97 Å². The number of carboxylic acids is 1. The van der Waals surface area contributed by atoms with E-state index in [9.17, 15) is 4.79 Å². The first-order chi connectivity index (χ1) is 8.11. The number of halogens is 1. The fourth-order valence-electron chi connectivity index (χ4n) is 1.86. The molecule has 1 aromatic carbocycles. The zero-order valence-corrected chi connectivity index (χ0v) is 11.1. The monoisotopic (exact) mass is 298 g/mol. The van der Waals surface area contributed by atoms with E-state index in [1.54, 1.807) is 0 Å². The third kappa shape index (κ3) is 3.54. The summed E-state index contributed by atoms with van der Waals surface area (Å²) in [5.74, 6) is -0.730. The Labute approximate surface area is 109 Å². The molecule has 0 saturated heterocycles. The Bertz CT molecular complexity index is 413.